The number of benzene rings is 1. The van der Waals surface area contributed by atoms with E-state index >= 15 is 0 Å². The SMILES string of the molecule is CCCNC(Cc1cccc(Cl)c1)c1ccc(C)nc1C. The highest BCUT2D eigenvalue weighted by Gasteiger charge is 2.15. The van der Waals surface area contributed by atoms with Crippen LogP contribution in [0.15, 0.2) is 36.4 Å². The van der Waals surface area contributed by atoms with Gasteiger partial charge in [-0.15, -0.1) is 0 Å². The lowest BCUT2D eigenvalue weighted by molar-refractivity contribution is 0.525. The van der Waals surface area contributed by atoms with Crippen LogP contribution in [-0.4, -0.2) is 11.5 Å². The minimum Gasteiger partial charge on any atom is -0.310 e. The van der Waals surface area contributed by atoms with E-state index in [4.69, 9.17) is 11.6 Å². The molecule has 0 radical (unpaired) electrons. The van der Waals surface area contributed by atoms with Crippen molar-refractivity contribution in [3.05, 3.63) is 63.9 Å². The Kier molecular flexibility index (Phi) is 5.77. The number of halogens is 1. The van der Waals surface area contributed by atoms with E-state index in [1.807, 2.05) is 25.1 Å². The normalized spacial score (nSPS) is 12.4. The quantitative estimate of drug-likeness (QED) is 0.841. The van der Waals surface area contributed by atoms with Crippen molar-refractivity contribution in [3.63, 3.8) is 0 Å². The van der Waals surface area contributed by atoms with Crippen LogP contribution in [0.25, 0.3) is 0 Å². The molecule has 2 nitrogen and oxygen atoms in total. The molecule has 1 N–H and O–H groups in total. The molecule has 1 aromatic carbocycles. The van der Waals surface area contributed by atoms with Crippen molar-refractivity contribution in [3.8, 4) is 0 Å². The highest BCUT2D eigenvalue weighted by molar-refractivity contribution is 6.30. The number of hydrogen-bond donors (Lipinski definition) is 1. The maximum atomic E-state index is 6.10. The predicted octanol–water partition coefficient (Wildman–Crippen LogP) is 4.64. The Morgan fingerprint density at radius 2 is 2.00 bits per heavy atom. The van der Waals surface area contributed by atoms with Gasteiger partial charge in [-0.1, -0.05) is 36.7 Å². The molecule has 1 atom stereocenters. The third-order valence-electron chi connectivity index (χ3n) is 3.61. The Morgan fingerprint density at radius 3 is 2.67 bits per heavy atom. The van der Waals surface area contributed by atoms with E-state index in [-0.39, 0.29) is 6.04 Å². The van der Waals surface area contributed by atoms with Gasteiger partial charge in [-0.3, -0.25) is 4.98 Å². The second-order valence-electron chi connectivity index (χ2n) is 5.47. The molecule has 0 aliphatic carbocycles. The van der Waals surface area contributed by atoms with Crippen molar-refractivity contribution in [2.24, 2.45) is 0 Å². The molecule has 1 aromatic heterocycles. The second kappa shape index (κ2) is 7.58. The Morgan fingerprint density at radius 1 is 1.19 bits per heavy atom. The van der Waals surface area contributed by atoms with Crippen LogP contribution < -0.4 is 5.32 Å². The second-order valence-corrected chi connectivity index (χ2v) is 5.90. The van der Waals surface area contributed by atoms with Crippen LogP contribution in [-0.2, 0) is 6.42 Å². The number of hydrogen-bond acceptors (Lipinski definition) is 2. The van der Waals surface area contributed by atoms with Crippen molar-refractivity contribution in [1.29, 1.82) is 0 Å². The lowest BCUT2D eigenvalue weighted by Crippen LogP contribution is -2.25. The molecule has 21 heavy (non-hydrogen) atoms. The molecule has 0 fully saturated rings. The summed E-state index contributed by atoms with van der Waals surface area (Å²) >= 11 is 6.10. The highest BCUT2D eigenvalue weighted by Crippen LogP contribution is 2.22. The summed E-state index contributed by atoms with van der Waals surface area (Å²) in [6.07, 6.45) is 2.04. The van der Waals surface area contributed by atoms with Crippen molar-refractivity contribution in [2.75, 3.05) is 6.54 Å². The fraction of sp³-hybridized carbons (Fsp3) is 0.389. The first-order valence-corrected chi connectivity index (χ1v) is 7.90. The number of nitrogens with one attached hydrogen (secondary N) is 1. The van der Waals surface area contributed by atoms with Crippen LogP contribution >= 0.6 is 11.6 Å². The van der Waals surface area contributed by atoms with E-state index in [1.165, 1.54) is 11.1 Å². The van der Waals surface area contributed by atoms with Gasteiger partial charge in [-0.25, -0.2) is 0 Å². The number of aromatic nitrogens is 1. The first-order valence-electron chi connectivity index (χ1n) is 7.52. The van der Waals surface area contributed by atoms with E-state index in [0.29, 0.717) is 0 Å². The van der Waals surface area contributed by atoms with Crippen LogP contribution in [0.4, 0.5) is 0 Å². The molecule has 0 aliphatic heterocycles. The maximum absolute atomic E-state index is 6.10. The average Bonchev–Trinajstić information content (AvgIpc) is 2.44. The predicted molar refractivity (Wildman–Crippen MR) is 89.9 cm³/mol. The van der Waals surface area contributed by atoms with Gasteiger partial charge < -0.3 is 5.32 Å². The molecular weight excluding hydrogens is 280 g/mol. The zero-order valence-corrected chi connectivity index (χ0v) is 13.7. The summed E-state index contributed by atoms with van der Waals surface area (Å²) in [5.41, 5.74) is 4.68. The molecule has 2 aromatic rings. The van der Waals surface area contributed by atoms with E-state index < -0.39 is 0 Å². The Balaban J connectivity index is 2.25. The van der Waals surface area contributed by atoms with Gasteiger partial charge in [-0.05, 0) is 62.6 Å². The van der Waals surface area contributed by atoms with Crippen LogP contribution in [0.5, 0.6) is 0 Å². The first kappa shape index (κ1) is 16.0. The van der Waals surface area contributed by atoms with Crippen molar-refractivity contribution < 1.29 is 0 Å². The van der Waals surface area contributed by atoms with Gasteiger partial charge >= 0.3 is 0 Å². The van der Waals surface area contributed by atoms with Gasteiger partial charge in [0.25, 0.3) is 0 Å². The van der Waals surface area contributed by atoms with Crippen molar-refractivity contribution >= 4 is 11.6 Å². The van der Waals surface area contributed by atoms with Crippen molar-refractivity contribution in [1.82, 2.24) is 10.3 Å². The van der Waals surface area contributed by atoms with Gasteiger partial charge in [0.15, 0.2) is 0 Å². The third-order valence-corrected chi connectivity index (χ3v) is 3.85. The minimum atomic E-state index is 0.275. The van der Waals surface area contributed by atoms with E-state index in [0.717, 1.165) is 35.8 Å². The first-order chi connectivity index (χ1) is 10.1. The van der Waals surface area contributed by atoms with Gasteiger partial charge in [0.2, 0.25) is 0 Å². The smallest absolute Gasteiger partial charge is 0.0423 e. The Labute approximate surface area is 132 Å². The van der Waals surface area contributed by atoms with Crippen molar-refractivity contribution in [2.45, 2.75) is 39.7 Å². The van der Waals surface area contributed by atoms with Crippen LogP contribution in [0.2, 0.25) is 5.02 Å². The molecular formula is C18H23ClN2. The lowest BCUT2D eigenvalue weighted by atomic mass is 9.97. The lowest BCUT2D eigenvalue weighted by Gasteiger charge is -2.21. The zero-order valence-electron chi connectivity index (χ0n) is 13.0. The molecule has 0 amide bonds. The number of aryl methyl sites for hydroxylation is 2. The molecule has 2 rings (SSSR count). The van der Waals surface area contributed by atoms with Crippen LogP contribution in [0, 0.1) is 13.8 Å². The van der Waals surface area contributed by atoms with Gasteiger partial charge in [0.1, 0.15) is 0 Å². The number of rotatable bonds is 6. The summed E-state index contributed by atoms with van der Waals surface area (Å²) in [6.45, 7) is 7.30. The summed E-state index contributed by atoms with van der Waals surface area (Å²) in [5.74, 6) is 0. The summed E-state index contributed by atoms with van der Waals surface area (Å²) in [6, 6.07) is 12.6. The van der Waals surface area contributed by atoms with E-state index in [1.54, 1.807) is 0 Å². The standard InChI is InChI=1S/C18H23ClN2/c1-4-10-20-18(12-15-6-5-7-16(19)11-15)17-9-8-13(2)21-14(17)3/h5-9,11,18,20H,4,10,12H2,1-3H3. The monoisotopic (exact) mass is 302 g/mol. The molecule has 0 saturated heterocycles. The third kappa shape index (κ3) is 4.55. The molecule has 0 spiro atoms. The number of nitrogens with zero attached hydrogens (tertiary/aromatic N) is 1. The Hall–Kier alpha value is -1.38. The van der Waals surface area contributed by atoms with Crippen LogP contribution in [0.3, 0.4) is 0 Å². The average molecular weight is 303 g/mol. The summed E-state index contributed by atoms with van der Waals surface area (Å²) < 4.78 is 0. The fourth-order valence-corrected chi connectivity index (χ4v) is 2.79. The van der Waals surface area contributed by atoms with Gasteiger partial charge in [0.05, 0.1) is 0 Å². The van der Waals surface area contributed by atoms with Gasteiger partial charge in [0, 0.05) is 22.5 Å². The maximum Gasteiger partial charge on any atom is 0.0423 e. The molecule has 112 valence electrons. The van der Waals surface area contributed by atoms with E-state index in [2.05, 4.69) is 42.3 Å². The molecule has 3 heteroatoms. The summed E-state index contributed by atoms with van der Waals surface area (Å²) in [4.78, 5) is 4.60. The Bertz CT molecular complexity index is 596. The minimum absolute atomic E-state index is 0.275. The largest absolute Gasteiger partial charge is 0.310 e. The number of pyridine rings is 1. The molecule has 1 unspecified atom stereocenters. The summed E-state index contributed by atoms with van der Waals surface area (Å²) in [5, 5.41) is 4.42. The molecule has 1 heterocycles. The summed E-state index contributed by atoms with van der Waals surface area (Å²) in [7, 11) is 0. The zero-order chi connectivity index (χ0) is 15.2. The van der Waals surface area contributed by atoms with E-state index in [9.17, 15) is 0 Å². The highest BCUT2D eigenvalue weighted by atomic mass is 35.5. The molecule has 0 saturated carbocycles. The fourth-order valence-electron chi connectivity index (χ4n) is 2.58. The molecule has 0 aliphatic rings. The van der Waals surface area contributed by atoms with Gasteiger partial charge in [-0.2, -0.15) is 0 Å². The van der Waals surface area contributed by atoms with Crippen LogP contribution in [0.1, 0.15) is 41.9 Å². The molecule has 0 bridgehead atoms. The topological polar surface area (TPSA) is 24.9 Å².